The van der Waals surface area contributed by atoms with E-state index in [0.29, 0.717) is 11.3 Å². The molecule has 1 rings (SSSR count). The maximum Gasteiger partial charge on any atom is 0.405 e. The van der Waals surface area contributed by atoms with Crippen LogP contribution in [0.4, 0.5) is 18.9 Å². The minimum absolute atomic E-state index is 0.167. The zero-order valence-corrected chi connectivity index (χ0v) is 8.81. The summed E-state index contributed by atoms with van der Waals surface area (Å²) >= 11 is 5.61. The van der Waals surface area contributed by atoms with Gasteiger partial charge < -0.3 is 4.90 Å². The molecule has 0 saturated heterocycles. The quantitative estimate of drug-likeness (QED) is 0.753. The minimum Gasteiger partial charge on any atom is -0.364 e. The summed E-state index contributed by atoms with van der Waals surface area (Å²) in [6.45, 7) is -1.01. The van der Waals surface area contributed by atoms with Gasteiger partial charge in [-0.15, -0.1) is 11.6 Å². The molecule has 0 fully saturated rings. The molecule has 1 aromatic rings. The van der Waals surface area contributed by atoms with E-state index in [4.69, 9.17) is 11.6 Å². The first kappa shape index (κ1) is 12.1. The summed E-state index contributed by atoms with van der Waals surface area (Å²) in [6.07, 6.45) is -1.35. The van der Waals surface area contributed by atoms with E-state index in [0.717, 1.165) is 4.90 Å². The van der Waals surface area contributed by atoms with Crippen molar-refractivity contribution in [2.75, 3.05) is 18.5 Å². The highest BCUT2D eigenvalue weighted by atomic mass is 35.5. The van der Waals surface area contributed by atoms with Crippen molar-refractivity contribution in [1.82, 2.24) is 4.98 Å². The topological polar surface area (TPSA) is 16.1 Å². The Kier molecular flexibility index (Phi) is 3.79. The van der Waals surface area contributed by atoms with Crippen molar-refractivity contribution in [3.63, 3.8) is 0 Å². The third-order valence-electron chi connectivity index (χ3n) is 1.86. The van der Waals surface area contributed by atoms with Crippen LogP contribution in [0.2, 0.25) is 0 Å². The summed E-state index contributed by atoms with van der Waals surface area (Å²) in [4.78, 5) is 4.86. The number of halogens is 4. The van der Waals surface area contributed by atoms with E-state index in [1.165, 1.54) is 19.4 Å². The van der Waals surface area contributed by atoms with Crippen LogP contribution in [0.5, 0.6) is 0 Å². The maximum atomic E-state index is 12.1. The fourth-order valence-electron chi connectivity index (χ4n) is 1.23. The van der Waals surface area contributed by atoms with Crippen LogP contribution >= 0.6 is 11.6 Å². The Bertz CT molecular complexity index is 327. The molecule has 0 spiro atoms. The molecule has 84 valence electrons. The van der Waals surface area contributed by atoms with Gasteiger partial charge in [-0.05, 0) is 11.6 Å². The molecule has 0 unspecified atom stereocenters. The zero-order chi connectivity index (χ0) is 11.5. The lowest BCUT2D eigenvalue weighted by molar-refractivity contribution is -0.119. The van der Waals surface area contributed by atoms with E-state index in [1.807, 2.05) is 0 Å². The lowest BCUT2D eigenvalue weighted by atomic mass is 10.2. The summed E-state index contributed by atoms with van der Waals surface area (Å²) in [5, 5.41) is 0. The molecule has 1 heterocycles. The van der Waals surface area contributed by atoms with E-state index in [9.17, 15) is 13.2 Å². The van der Waals surface area contributed by atoms with Crippen molar-refractivity contribution in [2.24, 2.45) is 0 Å². The highest BCUT2D eigenvalue weighted by Crippen LogP contribution is 2.24. The summed E-state index contributed by atoms with van der Waals surface area (Å²) in [6, 6.07) is 1.61. The number of hydrogen-bond donors (Lipinski definition) is 0. The molecular weight excluding hydrogens is 229 g/mol. The predicted molar refractivity (Wildman–Crippen MR) is 53.1 cm³/mol. The molecule has 0 aliphatic heterocycles. The van der Waals surface area contributed by atoms with Crippen LogP contribution in [0.15, 0.2) is 18.5 Å². The Labute approximate surface area is 90.7 Å². The molecule has 0 saturated carbocycles. The molecule has 6 heteroatoms. The van der Waals surface area contributed by atoms with Crippen LogP contribution in [0, 0.1) is 0 Å². The molecule has 0 aliphatic carbocycles. The van der Waals surface area contributed by atoms with Gasteiger partial charge in [0.25, 0.3) is 0 Å². The van der Waals surface area contributed by atoms with Gasteiger partial charge in [0.2, 0.25) is 0 Å². The average molecular weight is 239 g/mol. The molecule has 0 bridgehead atoms. The van der Waals surface area contributed by atoms with Crippen molar-refractivity contribution in [3.8, 4) is 0 Å². The van der Waals surface area contributed by atoms with Crippen LogP contribution in [-0.4, -0.2) is 24.8 Å². The maximum absolute atomic E-state index is 12.1. The molecule has 0 radical (unpaired) electrons. The third-order valence-corrected chi connectivity index (χ3v) is 2.15. The van der Waals surface area contributed by atoms with Gasteiger partial charge in [-0.2, -0.15) is 13.2 Å². The Morgan fingerprint density at radius 2 is 2.13 bits per heavy atom. The summed E-state index contributed by atoms with van der Waals surface area (Å²) in [5.41, 5.74) is 1.04. The van der Waals surface area contributed by atoms with Gasteiger partial charge >= 0.3 is 6.18 Å². The summed E-state index contributed by atoms with van der Waals surface area (Å²) < 4.78 is 36.4. The number of hydrogen-bond acceptors (Lipinski definition) is 2. The SMILES string of the molecule is CN(CC(F)(F)F)c1cnccc1CCl. The summed E-state index contributed by atoms with van der Waals surface area (Å²) in [7, 11) is 1.36. The van der Waals surface area contributed by atoms with Gasteiger partial charge in [0.15, 0.2) is 0 Å². The molecule has 0 N–H and O–H groups in total. The highest BCUT2D eigenvalue weighted by molar-refractivity contribution is 6.17. The smallest absolute Gasteiger partial charge is 0.364 e. The normalized spacial score (nSPS) is 11.5. The molecular formula is C9H10ClF3N2. The van der Waals surface area contributed by atoms with E-state index in [1.54, 1.807) is 6.07 Å². The lowest BCUT2D eigenvalue weighted by Crippen LogP contribution is -2.31. The second-order valence-electron chi connectivity index (χ2n) is 3.11. The Hall–Kier alpha value is -0.970. The molecule has 0 atom stereocenters. The average Bonchev–Trinajstić information content (AvgIpc) is 2.15. The number of nitrogens with zero attached hydrogens (tertiary/aromatic N) is 2. The fourth-order valence-corrected chi connectivity index (χ4v) is 1.45. The molecule has 1 aromatic heterocycles. The van der Waals surface area contributed by atoms with Gasteiger partial charge in [-0.25, -0.2) is 0 Å². The Balaban J connectivity index is 2.86. The standard InChI is InChI=1S/C9H10ClF3N2/c1-15(6-9(11,12)13)8-5-14-3-2-7(8)4-10/h2-3,5H,4,6H2,1H3. The largest absolute Gasteiger partial charge is 0.405 e. The van der Waals surface area contributed by atoms with Crippen LogP contribution in [0.25, 0.3) is 0 Å². The van der Waals surface area contributed by atoms with Crippen LogP contribution < -0.4 is 4.90 Å². The van der Waals surface area contributed by atoms with Crippen molar-refractivity contribution in [3.05, 3.63) is 24.0 Å². The van der Waals surface area contributed by atoms with E-state index >= 15 is 0 Å². The van der Waals surface area contributed by atoms with Crippen molar-refractivity contribution >= 4 is 17.3 Å². The van der Waals surface area contributed by atoms with Crippen molar-refractivity contribution < 1.29 is 13.2 Å². The number of pyridine rings is 1. The monoisotopic (exact) mass is 238 g/mol. The van der Waals surface area contributed by atoms with Crippen LogP contribution in [-0.2, 0) is 5.88 Å². The van der Waals surface area contributed by atoms with Gasteiger partial charge in [-0.1, -0.05) is 0 Å². The van der Waals surface area contributed by atoms with Crippen LogP contribution in [0.1, 0.15) is 5.56 Å². The molecule has 0 aromatic carbocycles. The first-order chi connectivity index (χ1) is 6.94. The summed E-state index contributed by atoms with van der Waals surface area (Å²) in [5.74, 6) is 0.167. The number of anilines is 1. The van der Waals surface area contributed by atoms with Gasteiger partial charge in [0.1, 0.15) is 6.54 Å². The predicted octanol–water partition coefficient (Wildman–Crippen LogP) is 2.82. The third kappa shape index (κ3) is 3.58. The molecule has 0 amide bonds. The lowest BCUT2D eigenvalue weighted by Gasteiger charge is -2.22. The highest BCUT2D eigenvalue weighted by Gasteiger charge is 2.29. The van der Waals surface area contributed by atoms with Gasteiger partial charge in [-0.3, -0.25) is 4.98 Å². The van der Waals surface area contributed by atoms with E-state index in [2.05, 4.69) is 4.98 Å². The van der Waals surface area contributed by atoms with Gasteiger partial charge in [0.05, 0.1) is 11.9 Å². The molecule has 0 aliphatic rings. The fraction of sp³-hybridized carbons (Fsp3) is 0.444. The number of rotatable bonds is 3. The Morgan fingerprint density at radius 3 is 2.67 bits per heavy atom. The van der Waals surface area contributed by atoms with E-state index < -0.39 is 12.7 Å². The molecule has 15 heavy (non-hydrogen) atoms. The van der Waals surface area contributed by atoms with Crippen molar-refractivity contribution in [2.45, 2.75) is 12.1 Å². The van der Waals surface area contributed by atoms with Crippen molar-refractivity contribution in [1.29, 1.82) is 0 Å². The first-order valence-corrected chi connectivity index (χ1v) is 4.74. The minimum atomic E-state index is -4.23. The van der Waals surface area contributed by atoms with Crippen LogP contribution in [0.3, 0.4) is 0 Å². The zero-order valence-electron chi connectivity index (χ0n) is 8.05. The first-order valence-electron chi connectivity index (χ1n) is 4.21. The number of alkyl halides is 4. The second-order valence-corrected chi connectivity index (χ2v) is 3.38. The van der Waals surface area contributed by atoms with E-state index in [-0.39, 0.29) is 5.88 Å². The molecule has 2 nitrogen and oxygen atoms in total. The second kappa shape index (κ2) is 4.70. The number of aromatic nitrogens is 1. The van der Waals surface area contributed by atoms with Gasteiger partial charge in [0, 0.05) is 19.1 Å². The Morgan fingerprint density at radius 1 is 1.47 bits per heavy atom.